The van der Waals surface area contributed by atoms with Crippen LogP contribution in [0.4, 0.5) is 34.5 Å². The third-order valence-corrected chi connectivity index (χ3v) is 5.21. The van der Waals surface area contributed by atoms with Crippen LogP contribution in [0.1, 0.15) is 20.3 Å². The maximum atomic E-state index is 9.75. The van der Waals surface area contributed by atoms with E-state index in [4.69, 9.17) is 14.2 Å². The molecule has 2 unspecified atom stereocenters. The van der Waals surface area contributed by atoms with Crippen molar-refractivity contribution in [2.75, 3.05) is 78.8 Å². The Morgan fingerprint density at radius 1 is 0.903 bits per heavy atom. The molecular weight excluding hydrogens is 442 g/mol. The lowest BCUT2D eigenvalue weighted by Gasteiger charge is -2.40. The monoisotopic (exact) mass is 476 g/mol. The molecule has 5 nitrogen and oxygen atoms in total. The highest BCUT2D eigenvalue weighted by molar-refractivity contribution is 6.50. The Labute approximate surface area is 178 Å². The van der Waals surface area contributed by atoms with E-state index >= 15 is 0 Å². The van der Waals surface area contributed by atoms with Crippen LogP contribution in [0.25, 0.3) is 0 Å². The number of nitrogens with one attached hydrogen (secondary N) is 1. The van der Waals surface area contributed by atoms with Gasteiger partial charge in [0.05, 0.1) is 39.5 Å². The molecule has 2 saturated heterocycles. The summed E-state index contributed by atoms with van der Waals surface area (Å²) in [7, 11) is -12.0. The van der Waals surface area contributed by atoms with Crippen molar-refractivity contribution in [2.24, 2.45) is 0 Å². The summed E-state index contributed by atoms with van der Waals surface area (Å²) in [5.74, 6) is 0. The zero-order chi connectivity index (χ0) is 24.0. The van der Waals surface area contributed by atoms with Crippen molar-refractivity contribution < 1.29 is 58.1 Å². The highest BCUT2D eigenvalue weighted by atomic mass is 19.5. The van der Waals surface area contributed by atoms with Crippen molar-refractivity contribution in [3.8, 4) is 0 Å². The van der Waals surface area contributed by atoms with E-state index in [-0.39, 0.29) is 0 Å². The molecule has 0 aromatic rings. The van der Waals surface area contributed by atoms with Gasteiger partial charge in [-0.15, -0.1) is 0 Å². The third kappa shape index (κ3) is 19.8. The molecule has 2 atom stereocenters. The van der Waals surface area contributed by atoms with Crippen LogP contribution in [0.3, 0.4) is 0 Å². The number of rotatable bonds is 8. The van der Waals surface area contributed by atoms with Crippen LogP contribution in [-0.4, -0.2) is 104 Å². The van der Waals surface area contributed by atoms with E-state index in [1.165, 1.54) is 13.1 Å². The van der Waals surface area contributed by atoms with Crippen LogP contribution in [-0.2, 0) is 14.2 Å². The first-order valence-electron chi connectivity index (χ1n) is 10.5. The van der Waals surface area contributed by atoms with Crippen LogP contribution >= 0.6 is 0 Å². The molecule has 0 bridgehead atoms. The van der Waals surface area contributed by atoms with Gasteiger partial charge in [-0.3, -0.25) is 0 Å². The summed E-state index contributed by atoms with van der Waals surface area (Å²) in [5, 5.41) is 0. The Kier molecular flexibility index (Phi) is 14.9. The average Bonchev–Trinajstić information content (AvgIpc) is 2.66. The van der Waals surface area contributed by atoms with Gasteiger partial charge in [-0.1, -0.05) is 0 Å². The van der Waals surface area contributed by atoms with E-state index in [1.54, 1.807) is 4.90 Å². The number of halogens is 8. The normalized spacial score (nSPS) is 23.8. The fourth-order valence-electron chi connectivity index (χ4n) is 3.36. The summed E-state index contributed by atoms with van der Waals surface area (Å²) < 4.78 is 96.4. The minimum Gasteiger partial charge on any atom is -0.418 e. The molecule has 2 aliphatic rings. The number of morpholine rings is 2. The van der Waals surface area contributed by atoms with E-state index in [9.17, 15) is 34.5 Å². The van der Waals surface area contributed by atoms with Gasteiger partial charge >= 0.3 is 14.5 Å². The Morgan fingerprint density at radius 2 is 1.45 bits per heavy atom. The fourth-order valence-corrected chi connectivity index (χ4v) is 3.36. The summed E-state index contributed by atoms with van der Waals surface area (Å²) >= 11 is 0. The zero-order valence-electron chi connectivity index (χ0n) is 18.1. The summed E-state index contributed by atoms with van der Waals surface area (Å²) in [6.45, 7) is 17.0. The van der Waals surface area contributed by atoms with Gasteiger partial charge in [-0.05, 0) is 13.8 Å². The van der Waals surface area contributed by atoms with E-state index in [1.807, 2.05) is 0 Å². The Morgan fingerprint density at radius 3 is 1.94 bits per heavy atom. The third-order valence-electron chi connectivity index (χ3n) is 5.21. The largest absolute Gasteiger partial charge is 0.673 e. The molecule has 0 spiro atoms. The quantitative estimate of drug-likeness (QED) is 0.253. The zero-order valence-corrected chi connectivity index (χ0v) is 18.1. The lowest BCUT2D eigenvalue weighted by Crippen LogP contribution is -3.14. The average molecular weight is 476 g/mol. The van der Waals surface area contributed by atoms with Crippen molar-refractivity contribution in [1.82, 2.24) is 0 Å². The highest BCUT2D eigenvalue weighted by Crippen LogP contribution is 2.11. The first-order valence-corrected chi connectivity index (χ1v) is 10.5. The first-order chi connectivity index (χ1) is 14.3. The molecule has 31 heavy (non-hydrogen) atoms. The SMILES string of the molecule is CC[NH+]1CCOC(CCOCC[N+]2(CC)CCOCC2)C1.F[B-](F)(F)F.F[B-](F)(F)F. The molecule has 0 aromatic carbocycles. The smallest absolute Gasteiger partial charge is 0.418 e. The molecule has 0 saturated carbocycles. The van der Waals surface area contributed by atoms with Crippen molar-refractivity contribution in [3.05, 3.63) is 0 Å². The second-order valence-electron chi connectivity index (χ2n) is 7.38. The highest BCUT2D eigenvalue weighted by Gasteiger charge is 2.28. The van der Waals surface area contributed by atoms with Gasteiger partial charge in [0, 0.05) is 13.0 Å². The number of likely N-dealkylation sites (N-methyl/N-ethyl adjacent to an activating group) is 2. The van der Waals surface area contributed by atoms with E-state index in [0.29, 0.717) is 6.10 Å². The van der Waals surface area contributed by atoms with Gasteiger partial charge in [-0.2, -0.15) is 0 Å². The second kappa shape index (κ2) is 15.3. The first kappa shape index (κ1) is 30.4. The van der Waals surface area contributed by atoms with E-state index in [0.717, 1.165) is 76.7 Å². The molecule has 0 amide bonds. The van der Waals surface area contributed by atoms with E-state index < -0.39 is 14.5 Å². The van der Waals surface area contributed by atoms with Crippen molar-refractivity contribution in [1.29, 1.82) is 0 Å². The summed E-state index contributed by atoms with van der Waals surface area (Å²) in [5.41, 5.74) is 0. The number of ether oxygens (including phenoxy) is 3. The van der Waals surface area contributed by atoms with Gasteiger partial charge in [-0.25, -0.2) is 0 Å². The van der Waals surface area contributed by atoms with Crippen molar-refractivity contribution >= 4 is 14.5 Å². The summed E-state index contributed by atoms with van der Waals surface area (Å²) in [4.78, 5) is 1.66. The Hall–Kier alpha value is -0.630. The summed E-state index contributed by atoms with van der Waals surface area (Å²) in [6, 6.07) is 0. The number of hydrogen-bond acceptors (Lipinski definition) is 3. The second-order valence-corrected chi connectivity index (χ2v) is 7.38. The van der Waals surface area contributed by atoms with Gasteiger partial charge in [0.15, 0.2) is 0 Å². The molecule has 188 valence electrons. The maximum absolute atomic E-state index is 9.75. The fraction of sp³-hybridized carbons (Fsp3) is 1.00. The molecule has 2 fully saturated rings. The molecule has 0 aromatic heterocycles. The summed E-state index contributed by atoms with van der Waals surface area (Å²) in [6.07, 6.45) is 1.44. The van der Waals surface area contributed by atoms with E-state index in [2.05, 4.69) is 13.8 Å². The predicted octanol–water partition coefficient (Wildman–Crippen LogP) is 2.16. The lowest BCUT2D eigenvalue weighted by molar-refractivity contribution is -0.933. The number of quaternary nitrogens is 2. The van der Waals surface area contributed by atoms with Crippen LogP contribution < -0.4 is 4.90 Å². The molecule has 0 aliphatic carbocycles. The van der Waals surface area contributed by atoms with Crippen molar-refractivity contribution in [2.45, 2.75) is 26.4 Å². The predicted molar refractivity (Wildman–Crippen MR) is 103 cm³/mol. The minimum atomic E-state index is -6.00. The van der Waals surface area contributed by atoms with Gasteiger partial charge < -0.3 is 58.1 Å². The van der Waals surface area contributed by atoms with Gasteiger partial charge in [0.1, 0.15) is 38.8 Å². The number of nitrogens with zero attached hydrogens (tertiary/aromatic N) is 1. The Bertz CT molecular complexity index is 432. The standard InChI is InChI=1S/C16H33N2O3.2BF4/c1-3-17-6-11-21-16(15-17)5-10-19-12-7-18(4-2)8-13-20-14-9-18;2*2-1(3,4)5/h16H,3-15H2,1-2H3;;/q+1;2*-1/p+1. The molecule has 1 N–H and O–H groups in total. The topological polar surface area (TPSA) is 32.1 Å². The van der Waals surface area contributed by atoms with Gasteiger partial charge in [0.25, 0.3) is 0 Å². The molecule has 15 heteroatoms. The van der Waals surface area contributed by atoms with Crippen LogP contribution in [0.2, 0.25) is 0 Å². The molecule has 0 radical (unpaired) electrons. The molecular formula is C16H34B2F8N2O3. The molecule has 2 heterocycles. The lowest BCUT2D eigenvalue weighted by atomic mass is 10.2. The molecule has 2 aliphatic heterocycles. The van der Waals surface area contributed by atoms with Crippen LogP contribution in [0.15, 0.2) is 0 Å². The van der Waals surface area contributed by atoms with Gasteiger partial charge in [0.2, 0.25) is 0 Å². The van der Waals surface area contributed by atoms with Crippen LogP contribution in [0.5, 0.6) is 0 Å². The minimum absolute atomic E-state index is 0.395. The maximum Gasteiger partial charge on any atom is 0.673 e. The molecule has 2 rings (SSSR count). The van der Waals surface area contributed by atoms with Crippen molar-refractivity contribution in [3.63, 3.8) is 0 Å². The Balaban J connectivity index is 0.000000752. The number of hydrogen-bond donors (Lipinski definition) is 1. The van der Waals surface area contributed by atoms with Crippen LogP contribution in [0, 0.1) is 0 Å².